The van der Waals surface area contributed by atoms with E-state index >= 15 is 0 Å². The van der Waals surface area contributed by atoms with E-state index in [4.69, 9.17) is 11.6 Å². The van der Waals surface area contributed by atoms with Crippen LogP contribution in [0.25, 0.3) is 11.0 Å². The maximum Gasteiger partial charge on any atom is 0.111 e. The van der Waals surface area contributed by atoms with Crippen molar-refractivity contribution in [2.24, 2.45) is 0 Å². The van der Waals surface area contributed by atoms with Gasteiger partial charge in [-0.1, -0.05) is 30.3 Å². The zero-order valence-corrected chi connectivity index (χ0v) is 12.1. The van der Waals surface area contributed by atoms with Gasteiger partial charge in [-0.05, 0) is 18.6 Å². The third kappa shape index (κ3) is 2.29. The summed E-state index contributed by atoms with van der Waals surface area (Å²) in [6.45, 7) is 2.19. The molecule has 0 radical (unpaired) electrons. The second kappa shape index (κ2) is 5.63. The van der Waals surface area contributed by atoms with E-state index in [0.29, 0.717) is 5.88 Å². The number of fused-ring (bicyclic) bond motifs is 1. The first kappa shape index (κ1) is 13.1. The number of aryl methyl sites for hydroxylation is 1. The van der Waals surface area contributed by atoms with Crippen LogP contribution in [0.3, 0.4) is 0 Å². The van der Waals surface area contributed by atoms with E-state index in [2.05, 4.69) is 45.7 Å². The van der Waals surface area contributed by atoms with Gasteiger partial charge in [0.1, 0.15) is 11.3 Å². The molecule has 2 heterocycles. The van der Waals surface area contributed by atoms with Crippen LogP contribution in [0, 0.1) is 0 Å². The molecule has 4 heteroatoms. The van der Waals surface area contributed by atoms with Gasteiger partial charge in [0.05, 0.1) is 17.8 Å². The Bertz CT molecular complexity index is 706. The maximum absolute atomic E-state index is 5.92. The number of alkyl halides is 1. The number of imidazole rings is 1. The van der Waals surface area contributed by atoms with Crippen LogP contribution in [0.4, 0.5) is 0 Å². The lowest BCUT2D eigenvalue weighted by atomic mass is 10.1. The molecule has 0 saturated carbocycles. The minimum Gasteiger partial charge on any atom is -0.321 e. The van der Waals surface area contributed by atoms with E-state index in [1.54, 1.807) is 6.20 Å². The van der Waals surface area contributed by atoms with Gasteiger partial charge in [-0.25, -0.2) is 4.98 Å². The Labute approximate surface area is 123 Å². The number of hydrogen-bond donors (Lipinski definition) is 0. The van der Waals surface area contributed by atoms with Gasteiger partial charge in [0, 0.05) is 18.5 Å². The summed E-state index contributed by atoms with van der Waals surface area (Å²) in [5.41, 5.74) is 3.30. The lowest BCUT2D eigenvalue weighted by molar-refractivity contribution is 0.624. The van der Waals surface area contributed by atoms with E-state index in [1.165, 1.54) is 5.56 Å². The molecule has 102 valence electrons. The molecule has 1 atom stereocenters. The van der Waals surface area contributed by atoms with Gasteiger partial charge in [-0.2, -0.15) is 0 Å². The lowest BCUT2D eigenvalue weighted by Crippen LogP contribution is -2.11. The highest BCUT2D eigenvalue weighted by Crippen LogP contribution is 2.25. The van der Waals surface area contributed by atoms with Gasteiger partial charge in [0.15, 0.2) is 0 Å². The highest BCUT2D eigenvalue weighted by atomic mass is 35.5. The van der Waals surface area contributed by atoms with Crippen molar-refractivity contribution in [2.45, 2.75) is 19.4 Å². The van der Waals surface area contributed by atoms with Crippen LogP contribution in [0.5, 0.6) is 0 Å². The van der Waals surface area contributed by atoms with Gasteiger partial charge in [-0.3, -0.25) is 4.98 Å². The number of aromatic nitrogens is 3. The molecular weight excluding hydrogens is 270 g/mol. The average Bonchev–Trinajstić information content (AvgIpc) is 2.86. The van der Waals surface area contributed by atoms with E-state index < -0.39 is 0 Å². The molecule has 0 aliphatic heterocycles. The molecule has 20 heavy (non-hydrogen) atoms. The first-order valence-electron chi connectivity index (χ1n) is 6.73. The molecule has 0 aliphatic rings. The number of nitrogens with zero attached hydrogens (tertiary/aromatic N) is 3. The summed E-state index contributed by atoms with van der Waals surface area (Å²) >= 11 is 5.92. The molecule has 3 nitrogen and oxygen atoms in total. The topological polar surface area (TPSA) is 30.7 Å². The molecule has 0 bridgehead atoms. The maximum atomic E-state index is 5.92. The second-order valence-electron chi connectivity index (χ2n) is 4.79. The van der Waals surface area contributed by atoms with Gasteiger partial charge in [0.25, 0.3) is 0 Å². The molecule has 0 spiro atoms. The van der Waals surface area contributed by atoms with Crippen molar-refractivity contribution in [3.05, 3.63) is 60.2 Å². The Morgan fingerprint density at radius 1 is 1.20 bits per heavy atom. The lowest BCUT2D eigenvalue weighted by Gasteiger charge is -2.17. The first-order chi connectivity index (χ1) is 9.81. The molecule has 3 aromatic rings. The number of halogens is 1. The van der Waals surface area contributed by atoms with Crippen LogP contribution in [0.2, 0.25) is 0 Å². The molecular formula is C16H16ClN3. The Morgan fingerprint density at radius 3 is 2.75 bits per heavy atom. The average molecular weight is 286 g/mol. The molecule has 0 amide bonds. The number of rotatable bonds is 4. The van der Waals surface area contributed by atoms with E-state index in [1.807, 2.05) is 18.3 Å². The summed E-state index contributed by atoms with van der Waals surface area (Å²) in [4.78, 5) is 8.82. The van der Waals surface area contributed by atoms with Gasteiger partial charge in [0.2, 0.25) is 0 Å². The van der Waals surface area contributed by atoms with Crippen molar-refractivity contribution in [3.8, 4) is 0 Å². The van der Waals surface area contributed by atoms with Gasteiger partial charge < -0.3 is 4.57 Å². The normalized spacial score (nSPS) is 12.7. The summed E-state index contributed by atoms with van der Waals surface area (Å²) in [7, 11) is 0. The molecule has 1 unspecified atom stereocenters. The van der Waals surface area contributed by atoms with Crippen LogP contribution >= 0.6 is 11.6 Å². The number of benzene rings is 1. The smallest absolute Gasteiger partial charge is 0.111 e. The summed E-state index contributed by atoms with van der Waals surface area (Å²) in [5.74, 6) is 1.58. The highest BCUT2D eigenvalue weighted by molar-refractivity contribution is 6.17. The molecule has 3 rings (SSSR count). The number of hydrogen-bond acceptors (Lipinski definition) is 2. The molecule has 2 aromatic heterocycles. The Kier molecular flexibility index (Phi) is 3.70. The summed E-state index contributed by atoms with van der Waals surface area (Å²) in [5, 5.41) is 0. The zero-order valence-electron chi connectivity index (χ0n) is 11.3. The Balaban J connectivity index is 2.15. The molecule has 1 aromatic carbocycles. The zero-order chi connectivity index (χ0) is 13.9. The van der Waals surface area contributed by atoms with E-state index in [-0.39, 0.29) is 6.04 Å². The molecule has 0 aliphatic carbocycles. The van der Waals surface area contributed by atoms with Crippen molar-refractivity contribution >= 4 is 22.6 Å². The summed E-state index contributed by atoms with van der Waals surface area (Å²) in [6, 6.07) is 12.7. The highest BCUT2D eigenvalue weighted by Gasteiger charge is 2.16. The third-order valence-corrected chi connectivity index (χ3v) is 3.74. The molecule has 0 fully saturated rings. The monoisotopic (exact) mass is 285 g/mol. The fourth-order valence-corrected chi connectivity index (χ4v) is 2.74. The quantitative estimate of drug-likeness (QED) is 0.682. The summed E-state index contributed by atoms with van der Waals surface area (Å²) < 4.78 is 2.26. The van der Waals surface area contributed by atoms with Crippen molar-refractivity contribution < 1.29 is 0 Å². The Morgan fingerprint density at radius 2 is 2.00 bits per heavy atom. The van der Waals surface area contributed by atoms with Crippen molar-refractivity contribution in [2.75, 3.05) is 5.88 Å². The Hall–Kier alpha value is -1.87. The van der Waals surface area contributed by atoms with Gasteiger partial charge in [-0.15, -0.1) is 11.6 Å². The minimum atomic E-state index is 0.224. The van der Waals surface area contributed by atoms with Crippen LogP contribution in [0.15, 0.2) is 48.8 Å². The largest absolute Gasteiger partial charge is 0.321 e. The predicted octanol–water partition coefficient (Wildman–Crippen LogP) is 3.82. The van der Waals surface area contributed by atoms with E-state index in [9.17, 15) is 0 Å². The minimum absolute atomic E-state index is 0.224. The standard InChI is InChI=1S/C16H16ClN3/c1-12(13-5-3-2-4-6-13)20-15-8-10-18-11-14(15)19-16(20)7-9-17/h2-6,8,10-12H,7,9H2,1H3. The fourth-order valence-electron chi connectivity index (χ4n) is 2.57. The van der Waals surface area contributed by atoms with Crippen molar-refractivity contribution in [3.63, 3.8) is 0 Å². The van der Waals surface area contributed by atoms with Crippen molar-refractivity contribution in [1.82, 2.24) is 14.5 Å². The van der Waals surface area contributed by atoms with Gasteiger partial charge >= 0.3 is 0 Å². The summed E-state index contributed by atoms with van der Waals surface area (Å²) in [6.07, 6.45) is 4.37. The SMILES string of the molecule is CC(c1ccccc1)n1c(CCCl)nc2cnccc21. The van der Waals surface area contributed by atoms with Crippen LogP contribution in [-0.4, -0.2) is 20.4 Å². The van der Waals surface area contributed by atoms with E-state index in [0.717, 1.165) is 23.3 Å². The molecule has 0 saturated heterocycles. The van der Waals surface area contributed by atoms with Crippen LogP contribution in [-0.2, 0) is 6.42 Å². The van der Waals surface area contributed by atoms with Crippen molar-refractivity contribution in [1.29, 1.82) is 0 Å². The van der Waals surface area contributed by atoms with Crippen LogP contribution in [0.1, 0.15) is 24.4 Å². The first-order valence-corrected chi connectivity index (χ1v) is 7.26. The van der Waals surface area contributed by atoms with Crippen LogP contribution < -0.4 is 0 Å². The molecule has 0 N–H and O–H groups in total. The second-order valence-corrected chi connectivity index (χ2v) is 5.17. The third-order valence-electron chi connectivity index (χ3n) is 3.55. The predicted molar refractivity (Wildman–Crippen MR) is 82.2 cm³/mol. The fraction of sp³-hybridized carbons (Fsp3) is 0.250. The number of pyridine rings is 1.